The lowest BCUT2D eigenvalue weighted by molar-refractivity contribution is 0.275. The molecule has 0 spiro atoms. The minimum atomic E-state index is -0.411. The Balaban J connectivity index is 1.54. The van der Waals surface area contributed by atoms with Crippen molar-refractivity contribution in [2.75, 3.05) is 5.32 Å². The Kier molecular flexibility index (Phi) is 4.54. The summed E-state index contributed by atoms with van der Waals surface area (Å²) in [4.78, 5) is 13.4. The van der Waals surface area contributed by atoms with Crippen LogP contribution in [0.3, 0.4) is 0 Å². The predicted octanol–water partition coefficient (Wildman–Crippen LogP) is 3.73. The predicted molar refractivity (Wildman–Crippen MR) is 109 cm³/mol. The van der Waals surface area contributed by atoms with Crippen LogP contribution in [0.15, 0.2) is 30.7 Å². The number of nitrogens with zero attached hydrogens (tertiary/aromatic N) is 4. The largest absolute Gasteiger partial charge is 0.390 e. The average Bonchev–Trinajstić information content (AvgIpc) is 3.51. The second-order valence-corrected chi connectivity index (χ2v) is 8.01. The van der Waals surface area contributed by atoms with Gasteiger partial charge >= 0.3 is 0 Å². The topological polar surface area (TPSA) is 75.3 Å². The summed E-state index contributed by atoms with van der Waals surface area (Å²) < 4.78 is 16.3. The summed E-state index contributed by atoms with van der Waals surface area (Å²) in [5.74, 6) is 0.980. The van der Waals surface area contributed by atoms with E-state index in [-0.39, 0.29) is 12.3 Å². The highest BCUT2D eigenvalue weighted by Gasteiger charge is 2.28. The van der Waals surface area contributed by atoms with Gasteiger partial charge in [0.25, 0.3) is 0 Å². The number of halogens is 1. The van der Waals surface area contributed by atoms with Crippen molar-refractivity contribution in [3.8, 4) is 0 Å². The number of anilines is 1. The highest BCUT2D eigenvalue weighted by atomic mass is 19.1. The molecule has 0 unspecified atom stereocenters. The third-order valence-corrected chi connectivity index (χ3v) is 5.92. The first-order valence-corrected chi connectivity index (χ1v) is 10.2. The number of allylic oxidation sites excluding steroid dienone is 1. The molecule has 1 atom stereocenters. The number of pyridine rings is 1. The zero-order chi connectivity index (χ0) is 20.0. The molecule has 3 aromatic rings. The average molecular weight is 393 g/mol. The smallest absolute Gasteiger partial charge is 0.223 e. The number of nitrogens with one attached hydrogen (secondary N) is 1. The van der Waals surface area contributed by atoms with E-state index in [0.29, 0.717) is 17.7 Å². The molecule has 2 aliphatic carbocycles. The summed E-state index contributed by atoms with van der Waals surface area (Å²) in [6, 6.07) is 1.88. The lowest BCUT2D eigenvalue weighted by Crippen LogP contribution is -2.19. The van der Waals surface area contributed by atoms with Crippen LogP contribution in [0.1, 0.15) is 55.1 Å². The minimum absolute atomic E-state index is 0.197. The molecule has 0 aromatic carbocycles. The summed E-state index contributed by atoms with van der Waals surface area (Å²) in [5.41, 5.74) is 4.37. The molecule has 0 radical (unpaired) electrons. The van der Waals surface area contributed by atoms with E-state index in [9.17, 15) is 9.50 Å². The van der Waals surface area contributed by atoms with Gasteiger partial charge in [-0.05, 0) is 56.6 Å². The Morgan fingerprint density at radius 2 is 2.17 bits per heavy atom. The maximum Gasteiger partial charge on any atom is 0.223 e. The summed E-state index contributed by atoms with van der Waals surface area (Å²) in [5, 5.41) is 13.0. The molecule has 5 rings (SSSR count). The molecule has 29 heavy (non-hydrogen) atoms. The first-order chi connectivity index (χ1) is 14.1. The number of aliphatic hydroxyl groups excluding tert-OH is 1. The molecule has 2 aliphatic rings. The Labute approximate surface area is 168 Å². The van der Waals surface area contributed by atoms with Crippen molar-refractivity contribution in [3.05, 3.63) is 59.1 Å². The van der Waals surface area contributed by atoms with Gasteiger partial charge in [0.05, 0.1) is 24.2 Å². The minimum Gasteiger partial charge on any atom is -0.390 e. The number of aryl methyl sites for hydroxylation is 1. The van der Waals surface area contributed by atoms with Crippen LogP contribution in [0, 0.1) is 11.7 Å². The second-order valence-electron chi connectivity index (χ2n) is 8.01. The quantitative estimate of drug-likeness (QED) is 0.691. The molecule has 150 valence electrons. The summed E-state index contributed by atoms with van der Waals surface area (Å²) in [6.07, 6.45) is 12.6. The van der Waals surface area contributed by atoms with Gasteiger partial charge in [0.1, 0.15) is 0 Å². The zero-order valence-corrected chi connectivity index (χ0v) is 16.4. The van der Waals surface area contributed by atoms with Gasteiger partial charge in [0.15, 0.2) is 11.5 Å². The van der Waals surface area contributed by atoms with Crippen molar-refractivity contribution < 1.29 is 9.50 Å². The lowest BCUT2D eigenvalue weighted by Gasteiger charge is -2.16. The molecule has 3 heterocycles. The SMILES string of the molecule is C[C@@H](Nc1ncc2c(n1)CCCC=C2c1cc(F)c2ncc(CO)n2c1)C1CC1. The molecule has 1 saturated carbocycles. The maximum absolute atomic E-state index is 14.7. The molecular formula is C22H24FN5O. The van der Waals surface area contributed by atoms with Crippen molar-refractivity contribution in [2.45, 2.75) is 51.7 Å². The molecule has 1 fully saturated rings. The third kappa shape index (κ3) is 3.40. The molecule has 0 aliphatic heterocycles. The first-order valence-electron chi connectivity index (χ1n) is 10.2. The number of hydrogen-bond acceptors (Lipinski definition) is 5. The monoisotopic (exact) mass is 393 g/mol. The van der Waals surface area contributed by atoms with Crippen molar-refractivity contribution >= 4 is 17.2 Å². The van der Waals surface area contributed by atoms with E-state index < -0.39 is 5.82 Å². The Bertz CT molecular complexity index is 1100. The van der Waals surface area contributed by atoms with Gasteiger partial charge in [-0.25, -0.2) is 19.3 Å². The Morgan fingerprint density at radius 3 is 2.97 bits per heavy atom. The van der Waals surface area contributed by atoms with Crippen LogP contribution in [-0.2, 0) is 13.0 Å². The molecule has 0 saturated heterocycles. The number of fused-ring (bicyclic) bond motifs is 2. The van der Waals surface area contributed by atoms with Crippen LogP contribution in [-0.4, -0.2) is 30.5 Å². The fourth-order valence-electron chi connectivity index (χ4n) is 4.08. The van der Waals surface area contributed by atoms with Crippen LogP contribution in [0.4, 0.5) is 10.3 Å². The van der Waals surface area contributed by atoms with E-state index in [1.54, 1.807) is 4.40 Å². The zero-order valence-electron chi connectivity index (χ0n) is 16.4. The molecular weight excluding hydrogens is 369 g/mol. The normalized spacial score (nSPS) is 17.6. The molecule has 0 amide bonds. The van der Waals surface area contributed by atoms with Crippen LogP contribution < -0.4 is 5.32 Å². The van der Waals surface area contributed by atoms with Gasteiger partial charge in [-0.2, -0.15) is 0 Å². The van der Waals surface area contributed by atoms with Crippen LogP contribution in [0.2, 0.25) is 0 Å². The van der Waals surface area contributed by atoms with Gasteiger partial charge in [-0.1, -0.05) is 6.08 Å². The van der Waals surface area contributed by atoms with Gasteiger partial charge in [0, 0.05) is 29.6 Å². The summed E-state index contributed by atoms with van der Waals surface area (Å²) in [6.45, 7) is 1.98. The van der Waals surface area contributed by atoms with E-state index in [1.807, 2.05) is 12.4 Å². The second kappa shape index (κ2) is 7.22. The van der Waals surface area contributed by atoms with E-state index >= 15 is 0 Å². The number of aliphatic hydroxyl groups is 1. The fraction of sp³-hybridized carbons (Fsp3) is 0.409. The van der Waals surface area contributed by atoms with E-state index in [2.05, 4.69) is 28.3 Å². The Morgan fingerprint density at radius 1 is 1.31 bits per heavy atom. The van der Waals surface area contributed by atoms with Gasteiger partial charge in [0.2, 0.25) is 5.95 Å². The van der Waals surface area contributed by atoms with Gasteiger partial charge < -0.3 is 10.4 Å². The van der Waals surface area contributed by atoms with Gasteiger partial charge in [-0.15, -0.1) is 0 Å². The van der Waals surface area contributed by atoms with Crippen molar-refractivity contribution in [1.29, 1.82) is 0 Å². The standard InChI is InChI=1S/C22H24FN5O/c1-13(14-6-7-14)26-22-25-10-18-17(4-2-3-5-20(18)27-22)15-8-19(23)21-24-9-16(12-29)28(21)11-15/h4,8-11,13-14,29H,2-3,5-7,12H2,1H3,(H,25,26,27)/t13-/m1/s1. The molecule has 6 nitrogen and oxygen atoms in total. The Hall–Kier alpha value is -2.80. The summed E-state index contributed by atoms with van der Waals surface area (Å²) in [7, 11) is 0. The molecule has 0 bridgehead atoms. The van der Waals surface area contributed by atoms with Crippen molar-refractivity contribution in [1.82, 2.24) is 19.4 Å². The third-order valence-electron chi connectivity index (χ3n) is 5.92. The van der Waals surface area contributed by atoms with Crippen LogP contribution >= 0.6 is 0 Å². The molecule has 7 heteroatoms. The van der Waals surface area contributed by atoms with Crippen LogP contribution in [0.25, 0.3) is 11.2 Å². The first kappa shape index (κ1) is 18.2. The fourth-order valence-corrected chi connectivity index (χ4v) is 4.08. The molecule has 3 aromatic heterocycles. The van der Waals surface area contributed by atoms with E-state index in [4.69, 9.17) is 4.98 Å². The van der Waals surface area contributed by atoms with Gasteiger partial charge in [-0.3, -0.25) is 4.40 Å². The lowest BCUT2D eigenvalue weighted by atomic mass is 9.99. The van der Waals surface area contributed by atoms with E-state index in [1.165, 1.54) is 25.1 Å². The number of rotatable bonds is 5. The van der Waals surface area contributed by atoms with Crippen LogP contribution in [0.5, 0.6) is 0 Å². The number of imidazole rings is 1. The molecule has 2 N–H and O–H groups in total. The number of hydrogen-bond donors (Lipinski definition) is 2. The maximum atomic E-state index is 14.7. The van der Waals surface area contributed by atoms with Crippen molar-refractivity contribution in [2.24, 2.45) is 5.92 Å². The summed E-state index contributed by atoms with van der Waals surface area (Å²) >= 11 is 0. The van der Waals surface area contributed by atoms with E-state index in [0.717, 1.165) is 47.6 Å². The van der Waals surface area contributed by atoms with Crippen molar-refractivity contribution in [3.63, 3.8) is 0 Å². The highest BCUT2D eigenvalue weighted by Crippen LogP contribution is 2.34. The number of aromatic nitrogens is 4. The highest BCUT2D eigenvalue weighted by molar-refractivity contribution is 5.81.